The van der Waals surface area contributed by atoms with Crippen LogP contribution in [0.25, 0.3) is 0 Å². The minimum Gasteiger partial charge on any atom is -0.463 e. The molecular formula is C15H27BO4. The SMILES string of the molecule is CCOC(=O)/C=C/B1OC(CC)(CC)C(CC)(CC)O1. The molecule has 114 valence electrons. The van der Waals surface area contributed by atoms with Crippen LogP contribution in [0.4, 0.5) is 0 Å². The average Bonchev–Trinajstić information content (AvgIpc) is 2.80. The highest BCUT2D eigenvalue weighted by molar-refractivity contribution is 6.52. The van der Waals surface area contributed by atoms with Gasteiger partial charge < -0.3 is 14.0 Å². The van der Waals surface area contributed by atoms with Gasteiger partial charge in [-0.3, -0.25) is 0 Å². The summed E-state index contributed by atoms with van der Waals surface area (Å²) in [5, 5.41) is 0. The van der Waals surface area contributed by atoms with Crippen molar-refractivity contribution in [3.8, 4) is 0 Å². The fraction of sp³-hybridized carbons (Fsp3) is 0.800. The van der Waals surface area contributed by atoms with E-state index in [1.807, 2.05) is 0 Å². The summed E-state index contributed by atoms with van der Waals surface area (Å²) >= 11 is 0. The first-order valence-electron chi connectivity index (χ1n) is 7.73. The lowest BCUT2D eigenvalue weighted by Crippen LogP contribution is -2.50. The topological polar surface area (TPSA) is 44.8 Å². The summed E-state index contributed by atoms with van der Waals surface area (Å²) in [7, 11) is -0.473. The zero-order valence-corrected chi connectivity index (χ0v) is 13.4. The quantitative estimate of drug-likeness (QED) is 0.408. The second kappa shape index (κ2) is 7.27. The van der Waals surface area contributed by atoms with E-state index in [4.69, 9.17) is 14.0 Å². The van der Waals surface area contributed by atoms with Crippen LogP contribution in [0, 0.1) is 0 Å². The van der Waals surface area contributed by atoms with Gasteiger partial charge in [0.1, 0.15) is 0 Å². The van der Waals surface area contributed by atoms with Gasteiger partial charge in [-0.1, -0.05) is 27.7 Å². The molecule has 0 aromatic rings. The molecule has 0 N–H and O–H groups in total. The Morgan fingerprint density at radius 1 is 1.00 bits per heavy atom. The van der Waals surface area contributed by atoms with E-state index in [-0.39, 0.29) is 17.2 Å². The highest BCUT2D eigenvalue weighted by Crippen LogP contribution is 2.47. The molecule has 1 aliphatic rings. The summed E-state index contributed by atoms with van der Waals surface area (Å²) in [6.07, 6.45) is 4.99. The fourth-order valence-electron chi connectivity index (χ4n) is 3.23. The molecule has 0 unspecified atom stereocenters. The summed E-state index contributed by atoms with van der Waals surface area (Å²) in [6.45, 7) is 10.7. The molecule has 1 aliphatic heterocycles. The van der Waals surface area contributed by atoms with Crippen LogP contribution in [-0.2, 0) is 18.8 Å². The first-order chi connectivity index (χ1) is 9.53. The molecule has 0 aliphatic carbocycles. The lowest BCUT2D eigenvalue weighted by atomic mass is 9.75. The Hall–Kier alpha value is -0.805. The molecule has 1 saturated heterocycles. The Bertz CT molecular complexity index is 326. The van der Waals surface area contributed by atoms with E-state index < -0.39 is 7.12 Å². The molecule has 0 radical (unpaired) electrons. The monoisotopic (exact) mass is 282 g/mol. The maximum absolute atomic E-state index is 11.4. The molecule has 0 atom stereocenters. The Morgan fingerprint density at radius 2 is 1.45 bits per heavy atom. The van der Waals surface area contributed by atoms with Gasteiger partial charge in [0.05, 0.1) is 17.8 Å². The standard InChI is InChI=1S/C15H27BO4/c1-6-14(7-2)15(8-3,9-4)20-16(19-14)12-11-13(17)18-10-5/h11-12H,6-10H2,1-5H3/b12-11+. The van der Waals surface area contributed by atoms with Gasteiger partial charge in [-0.25, -0.2) is 4.79 Å². The Morgan fingerprint density at radius 3 is 1.80 bits per heavy atom. The van der Waals surface area contributed by atoms with Crippen molar-refractivity contribution >= 4 is 13.1 Å². The minimum atomic E-state index is -0.473. The van der Waals surface area contributed by atoms with E-state index in [2.05, 4.69) is 27.7 Å². The van der Waals surface area contributed by atoms with Crippen LogP contribution in [0.5, 0.6) is 0 Å². The molecule has 1 fully saturated rings. The fourth-order valence-corrected chi connectivity index (χ4v) is 3.23. The van der Waals surface area contributed by atoms with Crippen LogP contribution in [0.1, 0.15) is 60.3 Å². The highest BCUT2D eigenvalue weighted by atomic mass is 16.7. The molecule has 5 heteroatoms. The lowest BCUT2D eigenvalue weighted by Gasteiger charge is -2.42. The van der Waals surface area contributed by atoms with Crippen molar-refractivity contribution in [2.24, 2.45) is 0 Å². The number of ether oxygens (including phenoxy) is 1. The minimum absolute atomic E-state index is 0.278. The summed E-state index contributed by atoms with van der Waals surface area (Å²) in [5.41, 5.74) is -0.555. The lowest BCUT2D eigenvalue weighted by molar-refractivity contribution is -0.137. The van der Waals surface area contributed by atoms with Crippen molar-refractivity contribution in [3.63, 3.8) is 0 Å². The van der Waals surface area contributed by atoms with Crippen molar-refractivity contribution < 1.29 is 18.8 Å². The molecule has 0 aromatic carbocycles. The summed E-state index contributed by atoms with van der Waals surface area (Å²) in [5.74, 6) is 1.30. The third kappa shape index (κ3) is 3.09. The molecule has 0 amide bonds. The summed E-state index contributed by atoms with van der Waals surface area (Å²) in [6, 6.07) is 0. The number of hydrogen-bond donors (Lipinski definition) is 0. The number of hydrogen-bond acceptors (Lipinski definition) is 4. The summed E-state index contributed by atoms with van der Waals surface area (Å²) < 4.78 is 17.2. The van der Waals surface area contributed by atoms with Crippen LogP contribution in [0.3, 0.4) is 0 Å². The Labute approximate surface area is 123 Å². The van der Waals surface area contributed by atoms with Gasteiger partial charge in [-0.15, -0.1) is 0 Å². The van der Waals surface area contributed by atoms with E-state index in [1.165, 1.54) is 6.08 Å². The van der Waals surface area contributed by atoms with E-state index in [1.54, 1.807) is 12.9 Å². The number of rotatable bonds is 7. The first kappa shape index (κ1) is 17.2. The van der Waals surface area contributed by atoms with Crippen LogP contribution in [0.15, 0.2) is 12.1 Å². The predicted molar refractivity (Wildman–Crippen MR) is 80.3 cm³/mol. The van der Waals surface area contributed by atoms with Gasteiger partial charge in [0.25, 0.3) is 0 Å². The van der Waals surface area contributed by atoms with Gasteiger partial charge in [0, 0.05) is 6.08 Å². The Kier molecular flexibility index (Phi) is 6.27. The number of esters is 1. The van der Waals surface area contributed by atoms with Gasteiger partial charge in [-0.2, -0.15) is 0 Å². The largest absolute Gasteiger partial charge is 0.487 e. The van der Waals surface area contributed by atoms with E-state index in [0.717, 1.165) is 25.7 Å². The van der Waals surface area contributed by atoms with Crippen molar-refractivity contribution in [2.45, 2.75) is 71.5 Å². The molecule has 0 bridgehead atoms. The van der Waals surface area contributed by atoms with Crippen molar-refractivity contribution in [1.82, 2.24) is 0 Å². The molecule has 0 aromatic heterocycles. The first-order valence-corrected chi connectivity index (χ1v) is 7.73. The number of carbonyl (C=O) groups is 1. The van der Waals surface area contributed by atoms with E-state index >= 15 is 0 Å². The zero-order chi connectivity index (χ0) is 15.2. The van der Waals surface area contributed by atoms with Crippen molar-refractivity contribution in [2.75, 3.05) is 6.61 Å². The van der Waals surface area contributed by atoms with Gasteiger partial charge >= 0.3 is 13.1 Å². The van der Waals surface area contributed by atoms with E-state index in [9.17, 15) is 4.79 Å². The molecule has 20 heavy (non-hydrogen) atoms. The zero-order valence-electron chi connectivity index (χ0n) is 13.4. The smallest absolute Gasteiger partial charge is 0.463 e. The molecular weight excluding hydrogens is 255 g/mol. The molecule has 0 saturated carbocycles. The maximum Gasteiger partial charge on any atom is 0.487 e. The van der Waals surface area contributed by atoms with Crippen molar-refractivity contribution in [3.05, 3.63) is 12.1 Å². The third-order valence-electron chi connectivity index (χ3n) is 4.47. The second-order valence-corrected chi connectivity index (χ2v) is 5.12. The predicted octanol–water partition coefficient (Wildman–Crippen LogP) is 3.30. The number of carbonyl (C=O) groups excluding carboxylic acids is 1. The normalized spacial score (nSPS) is 20.6. The Balaban J connectivity index is 2.88. The van der Waals surface area contributed by atoms with Crippen molar-refractivity contribution in [1.29, 1.82) is 0 Å². The molecule has 0 spiro atoms. The van der Waals surface area contributed by atoms with Crippen LogP contribution >= 0.6 is 0 Å². The van der Waals surface area contributed by atoms with Crippen LogP contribution in [0.2, 0.25) is 0 Å². The molecule has 1 heterocycles. The summed E-state index contributed by atoms with van der Waals surface area (Å²) in [4.78, 5) is 11.4. The maximum atomic E-state index is 11.4. The second-order valence-electron chi connectivity index (χ2n) is 5.12. The van der Waals surface area contributed by atoms with Crippen LogP contribution < -0.4 is 0 Å². The van der Waals surface area contributed by atoms with Gasteiger partial charge in [0.15, 0.2) is 0 Å². The van der Waals surface area contributed by atoms with Crippen LogP contribution in [-0.4, -0.2) is 30.9 Å². The van der Waals surface area contributed by atoms with Gasteiger partial charge in [-0.05, 0) is 38.6 Å². The average molecular weight is 282 g/mol. The third-order valence-corrected chi connectivity index (χ3v) is 4.47. The van der Waals surface area contributed by atoms with E-state index in [0.29, 0.717) is 6.61 Å². The van der Waals surface area contributed by atoms with Gasteiger partial charge in [0.2, 0.25) is 0 Å². The molecule has 1 rings (SSSR count). The molecule has 4 nitrogen and oxygen atoms in total. The highest BCUT2D eigenvalue weighted by Gasteiger charge is 2.57.